The second-order valence-corrected chi connectivity index (χ2v) is 8.12. The maximum absolute atomic E-state index is 12.9. The molecule has 2 heterocycles. The van der Waals surface area contributed by atoms with Crippen molar-refractivity contribution in [1.82, 2.24) is 24.6 Å². The molecular formula is C21H23F3N6O3. The number of aliphatic hydroxyl groups excluding tert-OH is 1. The smallest absolute Gasteiger partial charge is 0.393 e. The van der Waals surface area contributed by atoms with E-state index in [0.717, 1.165) is 12.1 Å². The van der Waals surface area contributed by atoms with Crippen molar-refractivity contribution >= 4 is 28.4 Å². The van der Waals surface area contributed by atoms with Crippen molar-refractivity contribution in [3.8, 4) is 0 Å². The van der Waals surface area contributed by atoms with Crippen LogP contribution in [0.3, 0.4) is 0 Å². The van der Waals surface area contributed by atoms with E-state index in [0.29, 0.717) is 31.4 Å². The first-order valence-electron chi connectivity index (χ1n) is 10.5. The molecule has 1 aliphatic rings. The Balaban J connectivity index is 1.51. The second-order valence-electron chi connectivity index (χ2n) is 8.12. The standard InChI is InChI=1S/C21H23F3N6O3/c1-29-18-17(19(28-29)27-14-4-2-12(3-5-14)21(22,23)24)25-11-30(20(18)33)10-16(32)26-13-6-8-15(31)9-7-13/h2-5,11,13,15,31H,6-10H2,1H3,(H,26,32)(H,27,28). The van der Waals surface area contributed by atoms with Gasteiger partial charge < -0.3 is 15.7 Å². The fourth-order valence-corrected chi connectivity index (χ4v) is 3.91. The lowest BCUT2D eigenvalue weighted by atomic mass is 9.93. The summed E-state index contributed by atoms with van der Waals surface area (Å²) in [5.74, 6) is -0.119. The summed E-state index contributed by atoms with van der Waals surface area (Å²) in [6, 6.07) is 4.38. The van der Waals surface area contributed by atoms with Crippen LogP contribution in [-0.2, 0) is 24.6 Å². The Labute approximate surface area is 186 Å². The summed E-state index contributed by atoms with van der Waals surface area (Å²) >= 11 is 0. The molecule has 2 aromatic heterocycles. The van der Waals surface area contributed by atoms with Crippen molar-refractivity contribution in [3.05, 3.63) is 46.5 Å². The molecule has 1 aliphatic carbocycles. The van der Waals surface area contributed by atoms with Gasteiger partial charge in [-0.15, -0.1) is 0 Å². The highest BCUT2D eigenvalue weighted by molar-refractivity contribution is 5.87. The monoisotopic (exact) mass is 464 g/mol. The molecule has 3 N–H and O–H groups in total. The van der Waals surface area contributed by atoms with E-state index in [9.17, 15) is 27.9 Å². The number of hydrogen-bond donors (Lipinski definition) is 3. The van der Waals surface area contributed by atoms with Crippen LogP contribution in [0, 0.1) is 0 Å². The summed E-state index contributed by atoms with van der Waals surface area (Å²) < 4.78 is 40.8. The number of nitrogens with zero attached hydrogens (tertiary/aromatic N) is 4. The summed E-state index contributed by atoms with van der Waals surface area (Å²) in [6.07, 6.45) is -0.909. The third-order valence-electron chi connectivity index (χ3n) is 5.66. The molecule has 0 atom stereocenters. The van der Waals surface area contributed by atoms with Gasteiger partial charge in [-0.3, -0.25) is 18.8 Å². The van der Waals surface area contributed by atoms with Gasteiger partial charge in [-0.1, -0.05) is 0 Å². The first-order chi connectivity index (χ1) is 15.6. The minimum Gasteiger partial charge on any atom is -0.393 e. The molecule has 0 bridgehead atoms. The van der Waals surface area contributed by atoms with Crippen LogP contribution in [0.15, 0.2) is 35.4 Å². The average Bonchev–Trinajstić information content (AvgIpc) is 3.07. The number of benzene rings is 1. The number of anilines is 2. The molecule has 3 aromatic rings. The molecule has 12 heteroatoms. The highest BCUT2D eigenvalue weighted by Gasteiger charge is 2.30. The Bertz CT molecular complexity index is 1210. The molecule has 4 rings (SSSR count). The minimum atomic E-state index is -4.44. The molecule has 0 unspecified atom stereocenters. The van der Waals surface area contributed by atoms with Crippen LogP contribution in [0.1, 0.15) is 31.2 Å². The van der Waals surface area contributed by atoms with Gasteiger partial charge >= 0.3 is 6.18 Å². The van der Waals surface area contributed by atoms with E-state index in [2.05, 4.69) is 20.7 Å². The van der Waals surface area contributed by atoms with Gasteiger partial charge in [0.25, 0.3) is 5.56 Å². The van der Waals surface area contributed by atoms with E-state index in [1.807, 2.05) is 0 Å². The molecule has 1 aromatic carbocycles. The Morgan fingerprint density at radius 3 is 2.48 bits per heavy atom. The molecule has 0 aliphatic heterocycles. The first-order valence-corrected chi connectivity index (χ1v) is 10.5. The van der Waals surface area contributed by atoms with Crippen LogP contribution in [0.5, 0.6) is 0 Å². The van der Waals surface area contributed by atoms with Gasteiger partial charge in [-0.25, -0.2) is 4.98 Å². The number of carbonyl (C=O) groups excluding carboxylic acids is 1. The van der Waals surface area contributed by atoms with Gasteiger partial charge in [0, 0.05) is 18.8 Å². The number of aryl methyl sites for hydroxylation is 1. The van der Waals surface area contributed by atoms with Gasteiger partial charge in [0.2, 0.25) is 5.91 Å². The third kappa shape index (κ3) is 5.00. The fraction of sp³-hybridized carbons (Fsp3) is 0.429. The highest BCUT2D eigenvalue weighted by Crippen LogP contribution is 2.30. The lowest BCUT2D eigenvalue weighted by molar-refractivity contribution is -0.137. The summed E-state index contributed by atoms with van der Waals surface area (Å²) in [5, 5.41) is 19.6. The molecular weight excluding hydrogens is 441 g/mol. The molecule has 0 saturated heterocycles. The largest absolute Gasteiger partial charge is 0.416 e. The normalized spacial score (nSPS) is 18.9. The maximum atomic E-state index is 12.9. The van der Waals surface area contributed by atoms with Gasteiger partial charge in [0.15, 0.2) is 11.3 Å². The van der Waals surface area contributed by atoms with Crippen LogP contribution >= 0.6 is 0 Å². The zero-order valence-corrected chi connectivity index (χ0v) is 17.8. The quantitative estimate of drug-likeness (QED) is 0.534. The number of halogens is 3. The molecule has 0 spiro atoms. The lowest BCUT2D eigenvalue weighted by Crippen LogP contribution is -2.41. The number of hydrogen-bond acceptors (Lipinski definition) is 6. The summed E-state index contributed by atoms with van der Waals surface area (Å²) in [5.41, 5.74) is -0.501. The Morgan fingerprint density at radius 2 is 1.85 bits per heavy atom. The topological polar surface area (TPSA) is 114 Å². The number of aromatic nitrogens is 4. The predicted molar refractivity (Wildman–Crippen MR) is 114 cm³/mol. The van der Waals surface area contributed by atoms with Gasteiger partial charge in [0.1, 0.15) is 12.1 Å². The molecule has 9 nitrogen and oxygen atoms in total. The van der Waals surface area contributed by atoms with Crippen LogP contribution in [0.2, 0.25) is 0 Å². The van der Waals surface area contributed by atoms with E-state index < -0.39 is 17.3 Å². The van der Waals surface area contributed by atoms with E-state index in [1.54, 1.807) is 7.05 Å². The number of carbonyl (C=O) groups is 1. The second kappa shape index (κ2) is 8.85. The number of rotatable bonds is 5. The van der Waals surface area contributed by atoms with Crippen molar-refractivity contribution in [3.63, 3.8) is 0 Å². The summed E-state index contributed by atoms with van der Waals surface area (Å²) in [4.78, 5) is 29.6. The number of alkyl halides is 3. The first kappa shape index (κ1) is 22.8. The van der Waals surface area contributed by atoms with Crippen molar-refractivity contribution in [2.24, 2.45) is 7.05 Å². The lowest BCUT2D eigenvalue weighted by Gasteiger charge is -2.26. The number of fused-ring (bicyclic) bond motifs is 1. The van der Waals surface area contributed by atoms with E-state index >= 15 is 0 Å². The number of amides is 1. The van der Waals surface area contributed by atoms with Crippen molar-refractivity contribution in [2.75, 3.05) is 5.32 Å². The number of aliphatic hydroxyl groups is 1. The van der Waals surface area contributed by atoms with Gasteiger partial charge in [-0.2, -0.15) is 18.3 Å². The molecule has 176 valence electrons. The Kier molecular flexibility index (Phi) is 6.11. The van der Waals surface area contributed by atoms with E-state index in [1.165, 1.54) is 27.7 Å². The predicted octanol–water partition coefficient (Wildman–Crippen LogP) is 2.31. The summed E-state index contributed by atoms with van der Waals surface area (Å²) in [7, 11) is 1.54. The van der Waals surface area contributed by atoms with E-state index in [4.69, 9.17) is 0 Å². The third-order valence-corrected chi connectivity index (χ3v) is 5.66. The molecule has 1 amide bonds. The van der Waals surface area contributed by atoms with Crippen molar-refractivity contribution in [1.29, 1.82) is 0 Å². The zero-order chi connectivity index (χ0) is 23.8. The van der Waals surface area contributed by atoms with Crippen LogP contribution in [0.25, 0.3) is 11.0 Å². The average molecular weight is 464 g/mol. The molecule has 33 heavy (non-hydrogen) atoms. The van der Waals surface area contributed by atoms with Gasteiger partial charge in [-0.05, 0) is 49.9 Å². The van der Waals surface area contributed by atoms with Gasteiger partial charge in [0.05, 0.1) is 18.0 Å². The number of nitrogens with one attached hydrogen (secondary N) is 2. The molecule has 1 fully saturated rings. The minimum absolute atomic E-state index is 0.0375. The Hall–Kier alpha value is -3.41. The SMILES string of the molecule is Cn1nc(Nc2ccc(C(F)(F)F)cc2)c2ncn(CC(=O)NC3CCC(O)CC3)c(=O)c21. The highest BCUT2D eigenvalue weighted by atomic mass is 19.4. The summed E-state index contributed by atoms with van der Waals surface area (Å²) in [6.45, 7) is -0.215. The van der Waals surface area contributed by atoms with Crippen molar-refractivity contribution in [2.45, 2.75) is 50.6 Å². The van der Waals surface area contributed by atoms with Crippen LogP contribution in [0.4, 0.5) is 24.7 Å². The maximum Gasteiger partial charge on any atom is 0.416 e. The van der Waals surface area contributed by atoms with Crippen LogP contribution < -0.4 is 16.2 Å². The van der Waals surface area contributed by atoms with Crippen molar-refractivity contribution < 1.29 is 23.1 Å². The molecule has 0 radical (unpaired) electrons. The zero-order valence-electron chi connectivity index (χ0n) is 17.8. The van der Waals surface area contributed by atoms with E-state index in [-0.39, 0.29) is 41.4 Å². The molecule has 1 saturated carbocycles. The van der Waals surface area contributed by atoms with Crippen LogP contribution in [-0.4, -0.2) is 42.5 Å². The fourth-order valence-electron chi connectivity index (χ4n) is 3.91. The Morgan fingerprint density at radius 1 is 1.18 bits per heavy atom.